The summed E-state index contributed by atoms with van der Waals surface area (Å²) in [4.78, 5) is 24.6. The fourth-order valence-corrected chi connectivity index (χ4v) is 2.96. The summed E-state index contributed by atoms with van der Waals surface area (Å²) in [5.74, 6) is -0.422. The van der Waals surface area contributed by atoms with E-state index in [-0.39, 0.29) is 24.1 Å². The van der Waals surface area contributed by atoms with Crippen molar-refractivity contribution in [3.05, 3.63) is 66.6 Å². The molecule has 0 fully saturated rings. The highest BCUT2D eigenvalue weighted by molar-refractivity contribution is 6.04. The number of aromatic nitrogens is 2. The van der Waals surface area contributed by atoms with Crippen molar-refractivity contribution in [2.75, 3.05) is 10.6 Å². The molecule has 1 aliphatic rings. The van der Waals surface area contributed by atoms with Crippen LogP contribution < -0.4 is 10.6 Å². The quantitative estimate of drug-likeness (QED) is 0.759. The molecule has 1 atom stereocenters. The number of hydrogen-bond donors (Lipinski definition) is 2. The first-order chi connectivity index (χ1) is 12.6. The van der Waals surface area contributed by atoms with Crippen LogP contribution in [0.1, 0.15) is 12.5 Å². The van der Waals surface area contributed by atoms with Gasteiger partial charge in [0.15, 0.2) is 0 Å². The number of anilines is 2. The minimum absolute atomic E-state index is 0.0634. The van der Waals surface area contributed by atoms with Crippen LogP contribution in [0, 0.1) is 5.82 Å². The summed E-state index contributed by atoms with van der Waals surface area (Å²) in [6, 6.07) is 14.3. The lowest BCUT2D eigenvalue weighted by Crippen LogP contribution is -2.23. The normalized spacial score (nSPS) is 15.4. The monoisotopic (exact) mass is 350 g/mol. The van der Waals surface area contributed by atoms with Gasteiger partial charge in [0.1, 0.15) is 17.7 Å². The van der Waals surface area contributed by atoms with Crippen LogP contribution >= 0.6 is 0 Å². The molecule has 1 aliphatic heterocycles. The molecule has 2 amide bonds. The number of carbonyl (C=O) groups is 2. The lowest BCUT2D eigenvalue weighted by molar-refractivity contribution is -0.123. The van der Waals surface area contributed by atoms with E-state index in [2.05, 4.69) is 15.7 Å². The first kappa shape index (κ1) is 16.0. The standard InChI is InChI=1S/C19H15FN4O2/c20-13-6-8-14(9-7-13)22-17(25)10-16-19(26)23-18-15(11-21-24(16)18)12-4-2-1-3-5-12/h1-9,11,16H,10H2,(H,22,25)(H,23,26). The minimum Gasteiger partial charge on any atom is -0.326 e. The lowest BCUT2D eigenvalue weighted by Gasteiger charge is -2.09. The Bertz CT molecular complexity index is 967. The Labute approximate surface area is 148 Å². The summed E-state index contributed by atoms with van der Waals surface area (Å²) in [5.41, 5.74) is 2.21. The van der Waals surface area contributed by atoms with Gasteiger partial charge in [0, 0.05) is 11.3 Å². The Morgan fingerprint density at radius 2 is 1.88 bits per heavy atom. The number of fused-ring (bicyclic) bond motifs is 1. The number of halogens is 1. The third kappa shape index (κ3) is 2.95. The van der Waals surface area contributed by atoms with Crippen molar-refractivity contribution in [1.82, 2.24) is 9.78 Å². The van der Waals surface area contributed by atoms with Crippen LogP contribution in [0.2, 0.25) is 0 Å². The summed E-state index contributed by atoms with van der Waals surface area (Å²) in [5, 5.41) is 9.74. The van der Waals surface area contributed by atoms with E-state index in [1.165, 1.54) is 28.9 Å². The van der Waals surface area contributed by atoms with Crippen molar-refractivity contribution < 1.29 is 14.0 Å². The van der Waals surface area contributed by atoms with Crippen molar-refractivity contribution in [3.63, 3.8) is 0 Å². The third-order valence-corrected chi connectivity index (χ3v) is 4.23. The van der Waals surface area contributed by atoms with Gasteiger partial charge in [0.25, 0.3) is 5.91 Å². The molecule has 3 aromatic rings. The van der Waals surface area contributed by atoms with Gasteiger partial charge in [-0.1, -0.05) is 30.3 Å². The molecule has 7 heteroatoms. The van der Waals surface area contributed by atoms with E-state index in [0.717, 1.165) is 11.1 Å². The molecule has 2 N–H and O–H groups in total. The van der Waals surface area contributed by atoms with Gasteiger partial charge in [-0.25, -0.2) is 9.07 Å². The fraction of sp³-hybridized carbons (Fsp3) is 0.105. The number of nitrogens with zero attached hydrogens (tertiary/aromatic N) is 2. The molecule has 0 aliphatic carbocycles. The van der Waals surface area contributed by atoms with E-state index in [9.17, 15) is 14.0 Å². The molecule has 1 unspecified atom stereocenters. The smallest absolute Gasteiger partial charge is 0.251 e. The summed E-state index contributed by atoms with van der Waals surface area (Å²) < 4.78 is 14.5. The van der Waals surface area contributed by atoms with Crippen molar-refractivity contribution in [1.29, 1.82) is 0 Å². The van der Waals surface area contributed by atoms with Gasteiger partial charge in [-0.05, 0) is 29.8 Å². The Morgan fingerprint density at radius 3 is 2.62 bits per heavy atom. The second-order valence-electron chi connectivity index (χ2n) is 5.98. The molecular formula is C19H15FN4O2. The fourth-order valence-electron chi connectivity index (χ4n) is 2.96. The molecule has 0 saturated carbocycles. The van der Waals surface area contributed by atoms with Crippen LogP contribution in [0.15, 0.2) is 60.8 Å². The Morgan fingerprint density at radius 1 is 1.15 bits per heavy atom. The van der Waals surface area contributed by atoms with Crippen LogP contribution in [0.25, 0.3) is 11.1 Å². The molecule has 0 saturated heterocycles. The van der Waals surface area contributed by atoms with E-state index < -0.39 is 6.04 Å². The van der Waals surface area contributed by atoms with Crippen molar-refractivity contribution in [3.8, 4) is 11.1 Å². The average Bonchev–Trinajstić information content (AvgIpc) is 3.18. The first-order valence-electron chi connectivity index (χ1n) is 8.11. The summed E-state index contributed by atoms with van der Waals surface area (Å²) in [6.07, 6.45) is 1.61. The zero-order valence-corrected chi connectivity index (χ0v) is 13.6. The van der Waals surface area contributed by atoms with Crippen molar-refractivity contribution in [2.45, 2.75) is 12.5 Å². The van der Waals surface area contributed by atoms with Gasteiger partial charge in [-0.15, -0.1) is 0 Å². The molecule has 2 aromatic carbocycles. The molecule has 26 heavy (non-hydrogen) atoms. The predicted molar refractivity (Wildman–Crippen MR) is 95.0 cm³/mol. The SMILES string of the molecule is O=C(CC1C(=O)Nc2c(-c3ccccc3)cnn21)Nc1ccc(F)cc1. The van der Waals surface area contributed by atoms with E-state index in [4.69, 9.17) is 0 Å². The van der Waals surface area contributed by atoms with Gasteiger partial charge in [0.05, 0.1) is 12.6 Å². The largest absolute Gasteiger partial charge is 0.326 e. The zero-order valence-electron chi connectivity index (χ0n) is 13.6. The number of rotatable bonds is 4. The van der Waals surface area contributed by atoms with Crippen LogP contribution in [0.3, 0.4) is 0 Å². The van der Waals surface area contributed by atoms with E-state index in [1.54, 1.807) is 6.20 Å². The maximum Gasteiger partial charge on any atom is 0.251 e. The number of nitrogens with one attached hydrogen (secondary N) is 2. The zero-order chi connectivity index (χ0) is 18.1. The van der Waals surface area contributed by atoms with Gasteiger partial charge in [-0.3, -0.25) is 9.59 Å². The Hall–Kier alpha value is -3.48. The second kappa shape index (κ2) is 6.44. The maximum absolute atomic E-state index is 12.9. The van der Waals surface area contributed by atoms with Crippen LogP contribution in [-0.2, 0) is 9.59 Å². The van der Waals surface area contributed by atoms with Gasteiger partial charge in [-0.2, -0.15) is 5.10 Å². The lowest BCUT2D eigenvalue weighted by atomic mass is 10.1. The van der Waals surface area contributed by atoms with Crippen LogP contribution in [0.5, 0.6) is 0 Å². The number of amides is 2. The highest BCUT2D eigenvalue weighted by Gasteiger charge is 2.35. The highest BCUT2D eigenvalue weighted by Crippen LogP contribution is 2.35. The van der Waals surface area contributed by atoms with Gasteiger partial charge in [0.2, 0.25) is 5.91 Å². The second-order valence-corrected chi connectivity index (χ2v) is 5.98. The van der Waals surface area contributed by atoms with Gasteiger partial charge >= 0.3 is 0 Å². The average molecular weight is 350 g/mol. The minimum atomic E-state index is -0.720. The highest BCUT2D eigenvalue weighted by atomic mass is 19.1. The summed E-state index contributed by atoms with van der Waals surface area (Å²) in [7, 11) is 0. The predicted octanol–water partition coefficient (Wildman–Crippen LogP) is 3.21. The molecule has 0 radical (unpaired) electrons. The number of benzene rings is 2. The molecule has 1 aromatic heterocycles. The van der Waals surface area contributed by atoms with E-state index in [1.807, 2.05) is 30.3 Å². The maximum atomic E-state index is 12.9. The molecule has 4 rings (SSSR count). The third-order valence-electron chi connectivity index (χ3n) is 4.23. The van der Waals surface area contributed by atoms with Crippen LogP contribution in [0.4, 0.5) is 15.9 Å². The van der Waals surface area contributed by atoms with Crippen molar-refractivity contribution >= 4 is 23.3 Å². The number of hydrogen-bond acceptors (Lipinski definition) is 3. The number of carbonyl (C=O) groups excluding carboxylic acids is 2. The first-order valence-corrected chi connectivity index (χ1v) is 8.11. The molecule has 6 nitrogen and oxygen atoms in total. The summed E-state index contributed by atoms with van der Waals surface area (Å²) in [6.45, 7) is 0. The van der Waals surface area contributed by atoms with E-state index >= 15 is 0 Å². The topological polar surface area (TPSA) is 76.0 Å². The Kier molecular flexibility index (Phi) is 3.96. The van der Waals surface area contributed by atoms with Gasteiger partial charge < -0.3 is 10.6 Å². The van der Waals surface area contributed by atoms with Crippen molar-refractivity contribution in [2.24, 2.45) is 0 Å². The molecule has 0 bridgehead atoms. The Balaban J connectivity index is 1.52. The molecule has 130 valence electrons. The molecule has 0 spiro atoms. The molecule has 2 heterocycles. The molecular weight excluding hydrogens is 335 g/mol. The van der Waals surface area contributed by atoms with E-state index in [0.29, 0.717) is 11.5 Å². The summed E-state index contributed by atoms with van der Waals surface area (Å²) >= 11 is 0. The van der Waals surface area contributed by atoms with Crippen LogP contribution in [-0.4, -0.2) is 21.6 Å².